The lowest BCUT2D eigenvalue weighted by atomic mass is 10.2. The van der Waals surface area contributed by atoms with Gasteiger partial charge < -0.3 is 14.7 Å². The maximum atomic E-state index is 5.28. The molecule has 3 aromatic rings. The molecule has 0 amide bonds. The molecule has 0 radical (unpaired) electrons. The average molecular weight is 331 g/mol. The van der Waals surface area contributed by atoms with Crippen molar-refractivity contribution in [3.8, 4) is 11.3 Å². The van der Waals surface area contributed by atoms with Crippen LogP contribution in [0.4, 0.5) is 10.9 Å². The van der Waals surface area contributed by atoms with Crippen molar-refractivity contribution < 1.29 is 4.52 Å². The van der Waals surface area contributed by atoms with Gasteiger partial charge in [0.2, 0.25) is 5.89 Å². The molecule has 0 bridgehead atoms. The molecule has 1 N–H and O–H groups in total. The van der Waals surface area contributed by atoms with Crippen molar-refractivity contribution in [2.45, 2.75) is 19.9 Å². The fraction of sp³-hybridized carbons (Fsp3) is 0.429. The normalized spacial score (nSPS) is 13.6. The number of aromatic nitrogens is 5. The number of nitrogens with zero attached hydrogens (tertiary/aromatic N) is 6. The van der Waals surface area contributed by atoms with Crippen molar-refractivity contribution in [2.24, 2.45) is 7.05 Å². The minimum absolute atomic E-state index is 0.571. The highest BCUT2D eigenvalue weighted by molar-refractivity contribution is 7.16. The number of hydrogen-bond donors (Lipinski definition) is 1. The van der Waals surface area contributed by atoms with Crippen LogP contribution in [0.15, 0.2) is 10.7 Å². The number of fused-ring (bicyclic) bond motifs is 3. The molecule has 3 aromatic heterocycles. The minimum atomic E-state index is 0.571. The van der Waals surface area contributed by atoms with E-state index in [9.17, 15) is 0 Å². The molecule has 0 saturated heterocycles. The van der Waals surface area contributed by atoms with E-state index in [0.29, 0.717) is 18.3 Å². The lowest BCUT2D eigenvalue weighted by Crippen LogP contribution is -2.26. The summed E-state index contributed by atoms with van der Waals surface area (Å²) in [4.78, 5) is 12.5. The van der Waals surface area contributed by atoms with Gasteiger partial charge >= 0.3 is 0 Å². The summed E-state index contributed by atoms with van der Waals surface area (Å²) in [6.07, 6.45) is 2.81. The number of hydrogen-bond acceptors (Lipinski definition) is 8. The van der Waals surface area contributed by atoms with Gasteiger partial charge in [0.05, 0.1) is 24.0 Å². The van der Waals surface area contributed by atoms with Crippen molar-refractivity contribution in [3.63, 3.8) is 0 Å². The average Bonchev–Trinajstić information content (AvgIpc) is 3.20. The summed E-state index contributed by atoms with van der Waals surface area (Å²) in [6.45, 7) is 3.25. The third kappa shape index (κ3) is 2.37. The second kappa shape index (κ2) is 5.34. The Morgan fingerprint density at radius 1 is 1.39 bits per heavy atom. The maximum Gasteiger partial charge on any atom is 0.246 e. The quantitative estimate of drug-likeness (QED) is 0.784. The third-order valence-electron chi connectivity index (χ3n) is 3.88. The molecule has 1 aliphatic rings. The molecule has 0 spiro atoms. The molecule has 0 saturated carbocycles. The SMILES string of the molecule is CNc1nc2c(s1)CCN(Cc1nc(C)no1)c1c-2cnn1C. The van der Waals surface area contributed by atoms with Gasteiger partial charge in [-0.15, -0.1) is 11.3 Å². The monoisotopic (exact) mass is 331 g/mol. The van der Waals surface area contributed by atoms with E-state index in [4.69, 9.17) is 9.51 Å². The van der Waals surface area contributed by atoms with Crippen LogP contribution >= 0.6 is 11.3 Å². The van der Waals surface area contributed by atoms with Crippen LogP contribution in [-0.4, -0.2) is 38.5 Å². The minimum Gasteiger partial charge on any atom is -0.365 e. The number of aryl methyl sites for hydroxylation is 2. The number of thiazole rings is 1. The Kier molecular flexibility index (Phi) is 3.29. The smallest absolute Gasteiger partial charge is 0.246 e. The van der Waals surface area contributed by atoms with Crippen molar-refractivity contribution in [3.05, 3.63) is 22.8 Å². The molecule has 4 rings (SSSR count). The van der Waals surface area contributed by atoms with E-state index < -0.39 is 0 Å². The van der Waals surface area contributed by atoms with Gasteiger partial charge in [0.1, 0.15) is 5.82 Å². The van der Waals surface area contributed by atoms with Crippen LogP contribution in [0.3, 0.4) is 0 Å². The van der Waals surface area contributed by atoms with Gasteiger partial charge in [0.15, 0.2) is 11.0 Å². The highest BCUT2D eigenvalue weighted by Gasteiger charge is 2.27. The van der Waals surface area contributed by atoms with E-state index in [1.807, 2.05) is 31.9 Å². The largest absolute Gasteiger partial charge is 0.365 e. The first kappa shape index (κ1) is 14.2. The fourth-order valence-corrected chi connectivity index (χ4v) is 3.79. The Labute approximate surface area is 137 Å². The van der Waals surface area contributed by atoms with Crippen LogP contribution in [0.25, 0.3) is 11.3 Å². The van der Waals surface area contributed by atoms with Crippen LogP contribution < -0.4 is 10.2 Å². The molecular formula is C14H17N7OS. The van der Waals surface area contributed by atoms with E-state index in [-0.39, 0.29) is 0 Å². The summed E-state index contributed by atoms with van der Waals surface area (Å²) in [5.41, 5.74) is 2.07. The zero-order chi connectivity index (χ0) is 16.0. The summed E-state index contributed by atoms with van der Waals surface area (Å²) in [5, 5.41) is 12.4. The lowest BCUT2D eigenvalue weighted by Gasteiger charge is -2.22. The molecule has 8 nitrogen and oxygen atoms in total. The van der Waals surface area contributed by atoms with Crippen LogP contribution in [-0.2, 0) is 20.0 Å². The number of anilines is 2. The maximum absolute atomic E-state index is 5.28. The standard InChI is InChI=1S/C14H17N7OS/c1-8-17-11(22-19-8)7-21-5-4-10-12(18-14(15-2)23-10)9-6-16-20(3)13(9)21/h6H,4-5,7H2,1-3H3,(H,15,18). The fourth-order valence-electron chi connectivity index (χ4n) is 2.88. The molecule has 9 heteroatoms. The summed E-state index contributed by atoms with van der Waals surface area (Å²) in [6, 6.07) is 0. The first-order valence-corrected chi connectivity index (χ1v) is 8.21. The van der Waals surface area contributed by atoms with Crippen LogP contribution in [0.1, 0.15) is 16.6 Å². The molecule has 23 heavy (non-hydrogen) atoms. The van der Waals surface area contributed by atoms with Crippen LogP contribution in [0.2, 0.25) is 0 Å². The molecule has 1 aliphatic heterocycles. The zero-order valence-corrected chi connectivity index (χ0v) is 14.0. The van der Waals surface area contributed by atoms with Gasteiger partial charge in [-0.1, -0.05) is 5.16 Å². The highest BCUT2D eigenvalue weighted by atomic mass is 32.1. The summed E-state index contributed by atoms with van der Waals surface area (Å²) < 4.78 is 7.16. The van der Waals surface area contributed by atoms with Gasteiger partial charge in [-0.3, -0.25) is 4.68 Å². The van der Waals surface area contributed by atoms with E-state index in [1.54, 1.807) is 11.3 Å². The number of rotatable bonds is 3. The molecule has 4 heterocycles. The van der Waals surface area contributed by atoms with Crippen LogP contribution in [0.5, 0.6) is 0 Å². The van der Waals surface area contributed by atoms with Crippen molar-refractivity contribution in [1.29, 1.82) is 0 Å². The Morgan fingerprint density at radius 2 is 2.26 bits per heavy atom. The van der Waals surface area contributed by atoms with Gasteiger partial charge in [-0.05, 0) is 6.92 Å². The predicted octanol–water partition coefficient (Wildman–Crippen LogP) is 1.84. The van der Waals surface area contributed by atoms with Gasteiger partial charge in [0, 0.05) is 31.9 Å². The molecule has 0 unspecified atom stereocenters. The molecule has 0 aromatic carbocycles. The van der Waals surface area contributed by atoms with Gasteiger partial charge in [0.25, 0.3) is 0 Å². The predicted molar refractivity (Wildman–Crippen MR) is 87.7 cm³/mol. The molecular weight excluding hydrogens is 314 g/mol. The summed E-state index contributed by atoms with van der Waals surface area (Å²) in [7, 11) is 3.84. The molecule has 0 aliphatic carbocycles. The van der Waals surface area contributed by atoms with Crippen molar-refractivity contribution in [1.82, 2.24) is 24.9 Å². The van der Waals surface area contributed by atoms with E-state index in [1.165, 1.54) is 4.88 Å². The van der Waals surface area contributed by atoms with Crippen LogP contribution in [0, 0.1) is 6.92 Å². The zero-order valence-electron chi connectivity index (χ0n) is 13.2. The first-order valence-electron chi connectivity index (χ1n) is 7.39. The Balaban J connectivity index is 1.75. The topological polar surface area (TPSA) is 84.9 Å². The number of nitrogens with one attached hydrogen (secondary N) is 1. The van der Waals surface area contributed by atoms with Gasteiger partial charge in [-0.25, -0.2) is 4.98 Å². The molecule has 0 fully saturated rings. The summed E-state index contributed by atoms with van der Waals surface area (Å²) in [5.74, 6) is 2.30. The Bertz CT molecular complexity index is 849. The third-order valence-corrected chi connectivity index (χ3v) is 5.01. The highest BCUT2D eigenvalue weighted by Crippen LogP contribution is 2.39. The van der Waals surface area contributed by atoms with Gasteiger partial charge in [-0.2, -0.15) is 10.1 Å². The summed E-state index contributed by atoms with van der Waals surface area (Å²) >= 11 is 1.70. The second-order valence-corrected chi connectivity index (χ2v) is 6.54. The van der Waals surface area contributed by atoms with E-state index in [0.717, 1.165) is 35.2 Å². The van der Waals surface area contributed by atoms with E-state index in [2.05, 4.69) is 25.5 Å². The van der Waals surface area contributed by atoms with Crippen molar-refractivity contribution in [2.75, 3.05) is 23.8 Å². The van der Waals surface area contributed by atoms with Crippen molar-refractivity contribution >= 4 is 22.3 Å². The first-order chi connectivity index (χ1) is 11.2. The Morgan fingerprint density at radius 3 is 3.00 bits per heavy atom. The lowest BCUT2D eigenvalue weighted by molar-refractivity contribution is 0.372. The van der Waals surface area contributed by atoms with E-state index >= 15 is 0 Å². The second-order valence-electron chi connectivity index (χ2n) is 5.45. The molecule has 0 atom stereocenters. The molecule has 120 valence electrons. The Hall–Kier alpha value is -2.42.